The lowest BCUT2D eigenvalue weighted by molar-refractivity contribution is -0.199. The molecule has 0 radical (unpaired) electrons. The highest BCUT2D eigenvalue weighted by molar-refractivity contribution is 6.47. The lowest BCUT2D eigenvalue weighted by Crippen LogP contribution is -2.65. The van der Waals surface area contributed by atoms with Gasteiger partial charge in [-0.3, -0.25) is 4.79 Å². The van der Waals surface area contributed by atoms with E-state index in [0.29, 0.717) is 30.2 Å². The van der Waals surface area contributed by atoms with Gasteiger partial charge in [0.2, 0.25) is 5.91 Å². The van der Waals surface area contributed by atoms with Crippen LogP contribution in [0.3, 0.4) is 0 Å². The molecule has 1 heterocycles. The molecule has 1 amide bonds. The molecule has 1 saturated heterocycles. The highest BCUT2D eigenvalue weighted by Gasteiger charge is 2.68. The summed E-state index contributed by atoms with van der Waals surface area (Å²) in [4.78, 5) is 12.9. The second kappa shape index (κ2) is 9.14. The highest BCUT2D eigenvalue weighted by atomic mass is 16.7. The van der Waals surface area contributed by atoms with Crippen LogP contribution in [0.15, 0.2) is 60.7 Å². The fourth-order valence-electron chi connectivity index (χ4n) is 6.61. The van der Waals surface area contributed by atoms with Gasteiger partial charge in [-0.25, -0.2) is 0 Å². The zero-order chi connectivity index (χ0) is 23.9. The number of hydrogen-bond donors (Lipinski definition) is 2. The van der Waals surface area contributed by atoms with Crippen LogP contribution in [0.1, 0.15) is 44.7 Å². The van der Waals surface area contributed by atoms with Gasteiger partial charge >= 0.3 is 7.12 Å². The third-order valence-electron chi connectivity index (χ3n) is 8.87. The van der Waals surface area contributed by atoms with E-state index in [2.05, 4.69) is 50.4 Å². The Morgan fingerprint density at radius 3 is 2.26 bits per heavy atom. The van der Waals surface area contributed by atoms with Crippen molar-refractivity contribution in [2.75, 3.05) is 6.54 Å². The van der Waals surface area contributed by atoms with E-state index < -0.39 is 6.04 Å². The van der Waals surface area contributed by atoms with Crippen molar-refractivity contribution in [1.82, 2.24) is 5.32 Å². The molecule has 0 spiro atoms. The zero-order valence-corrected chi connectivity index (χ0v) is 20.6. The van der Waals surface area contributed by atoms with Crippen molar-refractivity contribution in [3.05, 3.63) is 71.8 Å². The number of nitrogens with one attached hydrogen (secondary N) is 1. The van der Waals surface area contributed by atoms with Crippen molar-refractivity contribution in [1.29, 1.82) is 0 Å². The van der Waals surface area contributed by atoms with Crippen molar-refractivity contribution in [2.24, 2.45) is 23.0 Å². The molecule has 6 atom stereocenters. The first kappa shape index (κ1) is 23.6. The minimum absolute atomic E-state index is 0.0120. The molecule has 3 saturated carbocycles. The van der Waals surface area contributed by atoms with Crippen molar-refractivity contribution in [3.63, 3.8) is 0 Å². The molecule has 34 heavy (non-hydrogen) atoms. The molecule has 3 N–H and O–H groups in total. The average molecular weight is 460 g/mol. The number of carbonyl (C=O) groups excluding carboxylic acids is 1. The van der Waals surface area contributed by atoms with Crippen LogP contribution < -0.4 is 11.1 Å². The Balaban J connectivity index is 1.27. The SMILES string of the molecule is CC1(C)[C@@H]2C[C@H]3OB(C(CNC(=O)[C@@H](N)Cc4ccccc4)Cc4ccccc4)O[C@@]3(C)[C@H]1C2. The van der Waals surface area contributed by atoms with Crippen LogP contribution in [0, 0.1) is 17.3 Å². The third kappa shape index (κ3) is 4.32. The van der Waals surface area contributed by atoms with Crippen LogP contribution in [0.4, 0.5) is 0 Å². The van der Waals surface area contributed by atoms with Crippen LogP contribution in [0.5, 0.6) is 0 Å². The molecule has 0 aromatic heterocycles. The van der Waals surface area contributed by atoms with Gasteiger partial charge in [0, 0.05) is 12.4 Å². The normalized spacial score (nSPS) is 30.7. The van der Waals surface area contributed by atoms with E-state index in [1.165, 1.54) is 12.0 Å². The third-order valence-corrected chi connectivity index (χ3v) is 8.87. The van der Waals surface area contributed by atoms with Gasteiger partial charge in [-0.05, 0) is 61.0 Å². The quantitative estimate of drug-likeness (QED) is 0.584. The fraction of sp³-hybridized carbons (Fsp3) is 0.536. The van der Waals surface area contributed by atoms with Crippen molar-refractivity contribution < 1.29 is 14.1 Å². The van der Waals surface area contributed by atoms with Gasteiger partial charge in [-0.2, -0.15) is 0 Å². The van der Waals surface area contributed by atoms with Crippen molar-refractivity contribution in [3.8, 4) is 0 Å². The van der Waals surface area contributed by atoms with Gasteiger partial charge in [0.25, 0.3) is 0 Å². The molecular weight excluding hydrogens is 423 g/mol. The number of carbonyl (C=O) groups is 1. The molecule has 2 aromatic carbocycles. The highest BCUT2D eigenvalue weighted by Crippen LogP contribution is 2.66. The summed E-state index contributed by atoms with van der Waals surface area (Å²) >= 11 is 0. The lowest BCUT2D eigenvalue weighted by atomic mass is 9.43. The van der Waals surface area contributed by atoms with Crippen LogP contribution in [0.2, 0.25) is 5.82 Å². The van der Waals surface area contributed by atoms with Gasteiger partial charge < -0.3 is 20.4 Å². The maximum atomic E-state index is 12.9. The molecule has 5 nitrogen and oxygen atoms in total. The van der Waals surface area contributed by atoms with Crippen LogP contribution in [0.25, 0.3) is 0 Å². The molecule has 3 aliphatic carbocycles. The summed E-state index contributed by atoms with van der Waals surface area (Å²) in [5, 5.41) is 3.11. The zero-order valence-electron chi connectivity index (χ0n) is 20.6. The smallest absolute Gasteiger partial charge is 0.405 e. The van der Waals surface area contributed by atoms with Gasteiger partial charge in [0.05, 0.1) is 17.7 Å². The maximum Gasteiger partial charge on any atom is 0.463 e. The minimum Gasteiger partial charge on any atom is -0.405 e. The van der Waals surface area contributed by atoms with Gasteiger partial charge in [-0.1, -0.05) is 74.5 Å². The first-order chi connectivity index (χ1) is 16.3. The van der Waals surface area contributed by atoms with Gasteiger partial charge in [0.15, 0.2) is 0 Å². The summed E-state index contributed by atoms with van der Waals surface area (Å²) in [6, 6.07) is 19.7. The molecule has 2 bridgehead atoms. The monoisotopic (exact) mass is 460 g/mol. The summed E-state index contributed by atoms with van der Waals surface area (Å²) in [5.41, 5.74) is 8.56. The number of benzene rings is 2. The summed E-state index contributed by atoms with van der Waals surface area (Å²) in [6.45, 7) is 7.47. The summed E-state index contributed by atoms with van der Waals surface area (Å²) in [7, 11) is -0.337. The fourth-order valence-corrected chi connectivity index (χ4v) is 6.61. The van der Waals surface area contributed by atoms with Gasteiger partial charge in [0.1, 0.15) is 0 Å². The number of nitrogens with two attached hydrogens (primary N) is 1. The topological polar surface area (TPSA) is 73.6 Å². The number of rotatable bonds is 8. The summed E-state index contributed by atoms with van der Waals surface area (Å²) < 4.78 is 13.3. The van der Waals surface area contributed by atoms with E-state index in [0.717, 1.165) is 18.4 Å². The predicted octanol–water partition coefficient (Wildman–Crippen LogP) is 4.01. The second-order valence-corrected chi connectivity index (χ2v) is 11.3. The molecule has 4 fully saturated rings. The molecule has 6 heteroatoms. The Labute approximate surface area is 203 Å². The summed E-state index contributed by atoms with van der Waals surface area (Å²) in [5.74, 6) is 1.10. The van der Waals surface area contributed by atoms with Crippen molar-refractivity contribution in [2.45, 2.75) is 70.0 Å². The molecule has 2 aromatic rings. The van der Waals surface area contributed by atoms with E-state index in [-0.39, 0.29) is 30.5 Å². The molecule has 1 unspecified atom stereocenters. The molecule has 6 rings (SSSR count). The van der Waals surface area contributed by atoms with Crippen molar-refractivity contribution >= 4 is 13.0 Å². The predicted molar refractivity (Wildman–Crippen MR) is 135 cm³/mol. The molecule has 1 aliphatic heterocycles. The van der Waals surface area contributed by atoms with Crippen LogP contribution >= 0.6 is 0 Å². The van der Waals surface area contributed by atoms with E-state index >= 15 is 0 Å². The van der Waals surface area contributed by atoms with E-state index in [4.69, 9.17) is 15.0 Å². The Bertz CT molecular complexity index is 1000. The molecular formula is C28H37BN2O3. The number of hydrogen-bond acceptors (Lipinski definition) is 4. The van der Waals surface area contributed by atoms with E-state index in [1.54, 1.807) is 0 Å². The standard InChI is InChI=1S/C28H37BN2O3/c1-27(2)21-16-24(27)28(3)25(17-21)33-29(34-28)22(14-19-10-6-4-7-11-19)18-31-26(32)23(30)15-20-12-8-5-9-13-20/h4-13,21-25H,14-18,30H2,1-3H3,(H,31,32)/t21-,22?,23-,24-,25+,28-/m0/s1. The minimum atomic E-state index is -0.585. The summed E-state index contributed by atoms with van der Waals surface area (Å²) in [6.07, 6.45) is 3.71. The second-order valence-electron chi connectivity index (χ2n) is 11.3. The van der Waals surface area contributed by atoms with E-state index in [9.17, 15) is 4.79 Å². The van der Waals surface area contributed by atoms with Gasteiger partial charge in [-0.15, -0.1) is 0 Å². The van der Waals surface area contributed by atoms with Crippen LogP contribution in [-0.2, 0) is 26.9 Å². The number of amides is 1. The average Bonchev–Trinajstić information content (AvgIpc) is 3.19. The maximum absolute atomic E-state index is 12.9. The Morgan fingerprint density at radius 2 is 1.65 bits per heavy atom. The Kier molecular flexibility index (Phi) is 6.34. The van der Waals surface area contributed by atoms with E-state index in [1.807, 2.05) is 36.4 Å². The first-order valence-corrected chi connectivity index (χ1v) is 12.7. The Hall–Kier alpha value is -2.15. The first-order valence-electron chi connectivity index (χ1n) is 12.7. The molecule has 180 valence electrons. The lowest BCUT2D eigenvalue weighted by Gasteiger charge is -2.64. The largest absolute Gasteiger partial charge is 0.463 e. The van der Waals surface area contributed by atoms with Crippen LogP contribution in [-0.4, -0.2) is 37.3 Å². The molecule has 4 aliphatic rings. The Morgan fingerprint density at radius 1 is 1.03 bits per heavy atom.